The highest BCUT2D eigenvalue weighted by Gasteiger charge is 2.16. The first kappa shape index (κ1) is 25.3. The summed E-state index contributed by atoms with van der Waals surface area (Å²) < 4.78 is 10.6. The average molecular weight is 502 g/mol. The lowest BCUT2D eigenvalue weighted by molar-refractivity contribution is 0.0949. The van der Waals surface area contributed by atoms with Gasteiger partial charge in [-0.15, -0.1) is 11.3 Å². The molecular weight excluding hydrogens is 470 g/mol. The van der Waals surface area contributed by atoms with Crippen LogP contribution < -0.4 is 19.7 Å². The molecule has 0 saturated heterocycles. The van der Waals surface area contributed by atoms with E-state index < -0.39 is 0 Å². The van der Waals surface area contributed by atoms with Crippen LogP contribution in [0.5, 0.6) is 11.5 Å². The van der Waals surface area contributed by atoms with E-state index in [1.807, 2.05) is 72.8 Å². The summed E-state index contributed by atoms with van der Waals surface area (Å²) in [5.41, 5.74) is 4.68. The van der Waals surface area contributed by atoms with Gasteiger partial charge >= 0.3 is 0 Å². The van der Waals surface area contributed by atoms with E-state index in [0.29, 0.717) is 24.6 Å². The Morgan fingerprint density at radius 3 is 2.11 bits per heavy atom. The van der Waals surface area contributed by atoms with Crippen LogP contribution in [0.4, 0.5) is 10.8 Å². The maximum atomic E-state index is 12.4. The number of hydrogen-bond acceptors (Lipinski definition) is 6. The fourth-order valence-electron chi connectivity index (χ4n) is 3.66. The smallest absolute Gasteiger partial charge is 0.251 e. The van der Waals surface area contributed by atoms with Crippen molar-refractivity contribution < 1.29 is 14.3 Å². The molecule has 0 spiro atoms. The van der Waals surface area contributed by atoms with Crippen LogP contribution in [-0.4, -0.2) is 31.7 Å². The highest BCUT2D eigenvalue weighted by atomic mass is 32.1. The summed E-state index contributed by atoms with van der Waals surface area (Å²) in [6, 6.07) is 23.6. The topological polar surface area (TPSA) is 63.7 Å². The number of carbonyl (C=O) groups excluding carboxylic acids is 1. The molecule has 1 amide bonds. The first-order chi connectivity index (χ1) is 17.5. The van der Waals surface area contributed by atoms with E-state index in [1.165, 1.54) is 0 Å². The molecule has 4 aromatic rings. The zero-order valence-electron chi connectivity index (χ0n) is 21.0. The Balaban J connectivity index is 1.59. The fraction of sp³-hybridized carbons (Fsp3) is 0.241. The lowest BCUT2D eigenvalue weighted by Gasteiger charge is -2.22. The summed E-state index contributed by atoms with van der Waals surface area (Å²) in [4.78, 5) is 19.5. The molecule has 0 aliphatic carbocycles. The first-order valence-corrected chi connectivity index (χ1v) is 12.7. The van der Waals surface area contributed by atoms with Crippen molar-refractivity contribution >= 4 is 28.1 Å². The number of thiazole rings is 1. The van der Waals surface area contributed by atoms with Gasteiger partial charge in [0.2, 0.25) is 0 Å². The molecule has 0 atom stereocenters. The minimum atomic E-state index is -0.0497. The number of benzene rings is 3. The number of nitrogens with zero attached hydrogens (tertiary/aromatic N) is 2. The molecular formula is C29H31N3O3S. The molecule has 0 fully saturated rings. The Kier molecular flexibility index (Phi) is 8.23. The summed E-state index contributed by atoms with van der Waals surface area (Å²) in [5.74, 6) is 1.97. The van der Waals surface area contributed by atoms with Gasteiger partial charge in [-0.1, -0.05) is 26.0 Å². The van der Waals surface area contributed by atoms with Gasteiger partial charge in [0.1, 0.15) is 11.5 Å². The summed E-state index contributed by atoms with van der Waals surface area (Å²) in [5, 5.41) is 5.91. The lowest BCUT2D eigenvalue weighted by atomic mass is 10.1. The number of ether oxygens (including phenoxy) is 2. The molecule has 1 aromatic heterocycles. The van der Waals surface area contributed by atoms with Crippen LogP contribution in [0, 0.1) is 5.92 Å². The minimum absolute atomic E-state index is 0.0497. The van der Waals surface area contributed by atoms with Gasteiger partial charge in [0.25, 0.3) is 5.91 Å². The molecule has 186 valence electrons. The molecule has 0 aliphatic heterocycles. The zero-order chi connectivity index (χ0) is 25.5. The van der Waals surface area contributed by atoms with Gasteiger partial charge in [-0.3, -0.25) is 4.79 Å². The van der Waals surface area contributed by atoms with Crippen LogP contribution >= 0.6 is 11.3 Å². The molecule has 1 N–H and O–H groups in total. The first-order valence-electron chi connectivity index (χ1n) is 11.9. The number of aromatic nitrogens is 1. The Morgan fingerprint density at radius 1 is 0.917 bits per heavy atom. The normalized spacial score (nSPS) is 10.8. The largest absolute Gasteiger partial charge is 0.497 e. The fourth-order valence-corrected chi connectivity index (χ4v) is 4.51. The third kappa shape index (κ3) is 6.23. The predicted octanol–water partition coefficient (Wildman–Crippen LogP) is 6.55. The summed E-state index contributed by atoms with van der Waals surface area (Å²) >= 11 is 1.59. The minimum Gasteiger partial charge on any atom is -0.497 e. The molecule has 6 nitrogen and oxygen atoms in total. The maximum Gasteiger partial charge on any atom is 0.251 e. The van der Waals surface area contributed by atoms with Gasteiger partial charge in [-0.25, -0.2) is 4.98 Å². The van der Waals surface area contributed by atoms with Crippen LogP contribution in [0.1, 0.15) is 29.8 Å². The third-order valence-electron chi connectivity index (χ3n) is 5.72. The number of rotatable bonds is 10. The lowest BCUT2D eigenvalue weighted by Crippen LogP contribution is -2.27. The van der Waals surface area contributed by atoms with Gasteiger partial charge in [-0.05, 0) is 72.1 Å². The Bertz CT molecular complexity index is 1270. The Labute approximate surface area is 216 Å². The number of nitrogens with one attached hydrogen (secondary N) is 1. The highest BCUT2D eigenvalue weighted by molar-refractivity contribution is 7.14. The van der Waals surface area contributed by atoms with Crippen LogP contribution in [0.15, 0.2) is 78.2 Å². The molecule has 0 bridgehead atoms. The monoisotopic (exact) mass is 501 g/mol. The molecule has 0 aliphatic rings. The number of methoxy groups -OCH3 is 2. The second kappa shape index (κ2) is 11.7. The maximum absolute atomic E-state index is 12.4. The average Bonchev–Trinajstić information content (AvgIpc) is 3.41. The van der Waals surface area contributed by atoms with Crippen LogP contribution in [-0.2, 0) is 6.54 Å². The van der Waals surface area contributed by atoms with Crippen molar-refractivity contribution in [3.8, 4) is 22.8 Å². The predicted molar refractivity (Wildman–Crippen MR) is 147 cm³/mol. The zero-order valence-corrected chi connectivity index (χ0v) is 21.8. The van der Waals surface area contributed by atoms with Crippen molar-refractivity contribution in [1.29, 1.82) is 0 Å². The van der Waals surface area contributed by atoms with Gasteiger partial charge < -0.3 is 19.7 Å². The van der Waals surface area contributed by atoms with Crippen molar-refractivity contribution in [3.63, 3.8) is 0 Å². The summed E-state index contributed by atoms with van der Waals surface area (Å²) in [6.07, 6.45) is 0. The van der Waals surface area contributed by atoms with Crippen LogP contribution in [0.3, 0.4) is 0 Å². The molecule has 0 unspecified atom stereocenters. The van der Waals surface area contributed by atoms with Crippen molar-refractivity contribution in [1.82, 2.24) is 10.3 Å². The number of anilines is 2. The van der Waals surface area contributed by atoms with Gasteiger partial charge in [0.05, 0.1) is 26.5 Å². The number of amides is 1. The Hall–Kier alpha value is -3.84. The molecule has 7 heteroatoms. The highest BCUT2D eigenvalue weighted by Crippen LogP contribution is 2.34. The van der Waals surface area contributed by atoms with Crippen molar-refractivity contribution in [2.75, 3.05) is 25.7 Å². The molecule has 3 aromatic carbocycles. The number of hydrogen-bond donors (Lipinski definition) is 1. The number of carbonyl (C=O) groups is 1. The SMILES string of the molecule is COc1ccc(-c2csc(N(Cc3ccc(C(=O)NCC(C)C)cc3)c3ccc(OC)cc3)n2)cc1. The molecule has 36 heavy (non-hydrogen) atoms. The molecule has 0 saturated carbocycles. The van der Waals surface area contributed by atoms with Crippen LogP contribution in [0.2, 0.25) is 0 Å². The van der Waals surface area contributed by atoms with E-state index in [-0.39, 0.29) is 5.91 Å². The van der Waals surface area contributed by atoms with Crippen molar-refractivity contribution in [2.45, 2.75) is 20.4 Å². The van der Waals surface area contributed by atoms with E-state index >= 15 is 0 Å². The van der Waals surface area contributed by atoms with Crippen LogP contribution in [0.25, 0.3) is 11.3 Å². The summed E-state index contributed by atoms with van der Waals surface area (Å²) in [7, 11) is 3.32. The van der Waals surface area contributed by atoms with E-state index in [9.17, 15) is 4.79 Å². The quantitative estimate of drug-likeness (QED) is 0.267. The second-order valence-corrected chi connectivity index (χ2v) is 9.67. The molecule has 1 heterocycles. The van der Waals surface area contributed by atoms with Gasteiger partial charge in [0.15, 0.2) is 5.13 Å². The summed E-state index contributed by atoms with van der Waals surface area (Å²) in [6.45, 7) is 5.42. The van der Waals surface area contributed by atoms with Gasteiger partial charge in [0, 0.05) is 28.7 Å². The van der Waals surface area contributed by atoms with Crippen molar-refractivity contribution in [3.05, 3.63) is 89.3 Å². The Morgan fingerprint density at radius 2 is 1.53 bits per heavy atom. The van der Waals surface area contributed by atoms with Gasteiger partial charge in [-0.2, -0.15) is 0 Å². The van der Waals surface area contributed by atoms with E-state index in [4.69, 9.17) is 14.5 Å². The molecule has 4 rings (SSSR count). The van der Waals surface area contributed by atoms with E-state index in [1.54, 1.807) is 25.6 Å². The standard InChI is InChI=1S/C29H31N3O3S/c1-20(2)17-30-28(33)23-7-5-21(6-8-23)18-32(24-11-15-26(35-4)16-12-24)29-31-27(19-36-29)22-9-13-25(34-3)14-10-22/h5-16,19-20H,17-18H2,1-4H3,(H,30,33). The third-order valence-corrected chi connectivity index (χ3v) is 6.58. The molecule has 0 radical (unpaired) electrons. The van der Waals surface area contributed by atoms with E-state index in [0.717, 1.165) is 39.1 Å². The van der Waals surface area contributed by atoms with Crippen molar-refractivity contribution in [2.24, 2.45) is 5.92 Å². The van der Waals surface area contributed by atoms with E-state index in [2.05, 4.69) is 29.4 Å². The second-order valence-electron chi connectivity index (χ2n) is 8.83.